The Labute approximate surface area is 128 Å². The van der Waals surface area contributed by atoms with Gasteiger partial charge in [0.15, 0.2) is 6.17 Å². The number of nitrogens with zero attached hydrogens (tertiary/aromatic N) is 2. The first kappa shape index (κ1) is 14.9. The van der Waals surface area contributed by atoms with Crippen LogP contribution >= 0.6 is 22.9 Å². The van der Waals surface area contributed by atoms with Gasteiger partial charge in [-0.25, -0.2) is 14.4 Å². The number of anilines is 1. The van der Waals surface area contributed by atoms with Crippen molar-refractivity contribution in [3.63, 3.8) is 0 Å². The second kappa shape index (κ2) is 5.29. The minimum atomic E-state index is -1.72. The van der Waals surface area contributed by atoms with Gasteiger partial charge in [0.1, 0.15) is 30.0 Å². The van der Waals surface area contributed by atoms with Crippen LogP contribution in [0.4, 0.5) is 10.2 Å². The summed E-state index contributed by atoms with van der Waals surface area (Å²) in [6.07, 6.45) is -3.01. The highest BCUT2D eigenvalue weighted by molar-refractivity contribution is 7.17. The van der Waals surface area contributed by atoms with Crippen LogP contribution in [0.2, 0.25) is 0 Å². The lowest BCUT2D eigenvalue weighted by Crippen LogP contribution is -2.47. The summed E-state index contributed by atoms with van der Waals surface area (Å²) >= 11 is 7.01. The molecule has 114 valence electrons. The summed E-state index contributed by atoms with van der Waals surface area (Å²) in [6, 6.07) is 0. The van der Waals surface area contributed by atoms with E-state index in [0.717, 1.165) is 0 Å². The van der Waals surface area contributed by atoms with Crippen molar-refractivity contribution in [1.29, 1.82) is 0 Å². The molecule has 4 N–H and O–H groups in total. The molecule has 0 unspecified atom stereocenters. The van der Waals surface area contributed by atoms with Crippen molar-refractivity contribution in [3.05, 3.63) is 17.3 Å². The first-order valence-corrected chi connectivity index (χ1v) is 7.60. The Morgan fingerprint density at radius 1 is 1.52 bits per heavy atom. The molecule has 1 aliphatic rings. The number of nitrogens with two attached hydrogens (primary N) is 1. The Balaban J connectivity index is 2.06. The number of rotatable bonds is 3. The maximum Gasteiger partial charge on any atom is 0.159 e. The lowest BCUT2D eigenvalue weighted by molar-refractivity contribution is -0.0965. The fraction of sp³-hybridized carbons (Fsp3) is 0.500. The Morgan fingerprint density at radius 3 is 2.90 bits per heavy atom. The van der Waals surface area contributed by atoms with Crippen molar-refractivity contribution >= 4 is 39.0 Å². The van der Waals surface area contributed by atoms with Crippen molar-refractivity contribution in [2.45, 2.75) is 24.0 Å². The van der Waals surface area contributed by atoms with Crippen LogP contribution in [0.1, 0.15) is 11.7 Å². The van der Waals surface area contributed by atoms with Crippen molar-refractivity contribution in [1.82, 2.24) is 9.97 Å². The van der Waals surface area contributed by atoms with E-state index < -0.39 is 30.6 Å². The number of halogens is 2. The summed E-state index contributed by atoms with van der Waals surface area (Å²) in [6.45, 7) is -0.576. The molecule has 1 aliphatic heterocycles. The molecule has 0 aliphatic carbocycles. The zero-order chi connectivity index (χ0) is 15.2. The van der Waals surface area contributed by atoms with Gasteiger partial charge in [0, 0.05) is 5.56 Å². The molecule has 9 heteroatoms. The quantitative estimate of drug-likeness (QED) is 0.725. The zero-order valence-corrected chi connectivity index (χ0v) is 12.3. The molecule has 0 spiro atoms. The van der Waals surface area contributed by atoms with Crippen LogP contribution in [0.3, 0.4) is 0 Å². The average molecular weight is 334 g/mol. The van der Waals surface area contributed by atoms with E-state index in [1.807, 2.05) is 0 Å². The normalized spacial score (nSPS) is 32.9. The minimum absolute atomic E-state index is 0.221. The van der Waals surface area contributed by atoms with Crippen LogP contribution < -0.4 is 5.73 Å². The molecule has 2 aromatic rings. The van der Waals surface area contributed by atoms with Crippen LogP contribution in [0, 0.1) is 0 Å². The number of hydrogen-bond acceptors (Lipinski definition) is 7. The molecule has 0 bridgehead atoms. The van der Waals surface area contributed by atoms with Crippen LogP contribution in [-0.4, -0.2) is 50.5 Å². The molecule has 1 saturated heterocycles. The maximum atomic E-state index is 14.4. The molecule has 2 aromatic heterocycles. The van der Waals surface area contributed by atoms with Crippen LogP contribution in [-0.2, 0) is 4.74 Å². The van der Waals surface area contributed by atoms with Crippen LogP contribution in [0.15, 0.2) is 11.7 Å². The number of nitrogen functional groups attached to an aromatic ring is 1. The predicted molar refractivity (Wildman–Crippen MR) is 77.1 cm³/mol. The van der Waals surface area contributed by atoms with Crippen LogP contribution in [0.25, 0.3) is 10.2 Å². The van der Waals surface area contributed by atoms with Gasteiger partial charge in [-0.15, -0.1) is 22.9 Å². The van der Waals surface area contributed by atoms with Crippen molar-refractivity contribution in [2.24, 2.45) is 0 Å². The summed E-state index contributed by atoms with van der Waals surface area (Å²) < 4.78 is 20.6. The Bertz CT molecular complexity index is 666. The third-order valence-corrected chi connectivity index (χ3v) is 5.16. The number of aromatic nitrogens is 2. The molecular weight excluding hydrogens is 321 g/mol. The summed E-state index contributed by atoms with van der Waals surface area (Å²) in [5, 5.41) is 21.1. The molecule has 0 radical (unpaired) electrons. The van der Waals surface area contributed by atoms with Gasteiger partial charge in [-0.3, -0.25) is 0 Å². The number of aliphatic hydroxyl groups excluding tert-OH is 2. The predicted octanol–water partition coefficient (Wildman–Crippen LogP) is 1.01. The second-order valence-electron chi connectivity index (χ2n) is 4.91. The van der Waals surface area contributed by atoms with Gasteiger partial charge in [-0.1, -0.05) is 0 Å². The first-order valence-electron chi connectivity index (χ1n) is 6.18. The molecule has 6 nitrogen and oxygen atoms in total. The number of alkyl halides is 2. The van der Waals surface area contributed by atoms with E-state index in [1.54, 1.807) is 5.38 Å². The van der Waals surface area contributed by atoms with Gasteiger partial charge >= 0.3 is 0 Å². The van der Waals surface area contributed by atoms with Crippen LogP contribution in [0.5, 0.6) is 0 Å². The van der Waals surface area contributed by atoms with E-state index in [-0.39, 0.29) is 5.88 Å². The fourth-order valence-electron chi connectivity index (χ4n) is 2.45. The van der Waals surface area contributed by atoms with E-state index in [1.165, 1.54) is 17.7 Å². The summed E-state index contributed by atoms with van der Waals surface area (Å²) in [5.74, 6) is 0.0804. The van der Waals surface area contributed by atoms with Crippen molar-refractivity contribution in [2.75, 3.05) is 18.2 Å². The molecule has 3 rings (SSSR count). The zero-order valence-electron chi connectivity index (χ0n) is 10.7. The summed E-state index contributed by atoms with van der Waals surface area (Å²) in [5.41, 5.74) is 5.19. The van der Waals surface area contributed by atoms with Gasteiger partial charge in [0.2, 0.25) is 0 Å². The maximum absolute atomic E-state index is 14.4. The lowest BCUT2D eigenvalue weighted by atomic mass is 9.96. The third-order valence-electron chi connectivity index (χ3n) is 3.70. The Hall–Kier alpha value is -1.06. The number of fused-ring (bicyclic) bond motifs is 1. The molecule has 3 heterocycles. The van der Waals surface area contributed by atoms with Gasteiger partial charge in [-0.2, -0.15) is 0 Å². The van der Waals surface area contributed by atoms with Gasteiger partial charge in [0.05, 0.1) is 22.7 Å². The topological polar surface area (TPSA) is 101 Å². The highest BCUT2D eigenvalue weighted by Gasteiger charge is 2.55. The van der Waals surface area contributed by atoms with Gasteiger partial charge < -0.3 is 20.7 Å². The molecular formula is C12H13ClFN3O3S. The average Bonchev–Trinajstić information content (AvgIpc) is 3.02. The van der Waals surface area contributed by atoms with E-state index >= 15 is 0 Å². The van der Waals surface area contributed by atoms with E-state index in [4.69, 9.17) is 22.1 Å². The van der Waals surface area contributed by atoms with Gasteiger partial charge in [-0.05, 0) is 5.38 Å². The van der Waals surface area contributed by atoms with Crippen molar-refractivity contribution in [3.8, 4) is 0 Å². The monoisotopic (exact) mass is 333 g/mol. The summed E-state index contributed by atoms with van der Waals surface area (Å²) in [4.78, 5) is 7.98. The molecule has 0 saturated carbocycles. The Morgan fingerprint density at radius 2 is 2.29 bits per heavy atom. The number of ether oxygens (including phenoxy) is 1. The SMILES string of the molecule is Nc1ncnc2c([C@@H]3O[C@@](CO)(CCl)[C@@H](O)[C@H]3F)csc12. The van der Waals surface area contributed by atoms with E-state index in [2.05, 4.69) is 9.97 Å². The molecule has 21 heavy (non-hydrogen) atoms. The highest BCUT2D eigenvalue weighted by atomic mass is 35.5. The lowest BCUT2D eigenvalue weighted by Gasteiger charge is -2.26. The smallest absolute Gasteiger partial charge is 0.159 e. The Kier molecular flexibility index (Phi) is 3.74. The minimum Gasteiger partial charge on any atom is -0.393 e. The summed E-state index contributed by atoms with van der Waals surface area (Å²) in [7, 11) is 0. The third kappa shape index (κ3) is 2.09. The van der Waals surface area contributed by atoms with E-state index in [0.29, 0.717) is 21.6 Å². The molecule has 0 aromatic carbocycles. The highest BCUT2D eigenvalue weighted by Crippen LogP contribution is 2.45. The van der Waals surface area contributed by atoms with Crippen molar-refractivity contribution < 1.29 is 19.3 Å². The first-order chi connectivity index (χ1) is 10.0. The molecule has 1 fully saturated rings. The standard InChI is InChI=1S/C12H13ClFN3O3S/c13-2-12(3-18)10(19)6(14)8(20-12)5-1-21-9-7(5)16-4-17-11(9)15/h1,4,6,8,10,18-19H,2-3H2,(H2,15,16,17)/t6-,8-,10-,12+/m0/s1. The number of hydrogen-bond donors (Lipinski definition) is 3. The molecule has 0 amide bonds. The number of aliphatic hydroxyl groups is 2. The molecule has 4 atom stereocenters. The number of thiophene rings is 1. The largest absolute Gasteiger partial charge is 0.393 e. The fourth-order valence-corrected chi connectivity index (χ4v) is 3.70. The second-order valence-corrected chi connectivity index (χ2v) is 6.06. The van der Waals surface area contributed by atoms with E-state index in [9.17, 15) is 14.6 Å². The van der Waals surface area contributed by atoms with Gasteiger partial charge in [0.25, 0.3) is 0 Å².